The molecule has 4 heteroatoms. The summed E-state index contributed by atoms with van der Waals surface area (Å²) in [5.74, 6) is 0.125. The molecule has 92 valence electrons. The molecule has 0 aliphatic carbocycles. The lowest BCUT2D eigenvalue weighted by atomic mass is 10.2. The fourth-order valence-corrected chi connectivity index (χ4v) is 1.71. The number of nitriles is 1. The average Bonchev–Trinajstić information content (AvgIpc) is 2.82. The zero-order valence-electron chi connectivity index (χ0n) is 9.98. The minimum atomic E-state index is -0.205. The van der Waals surface area contributed by atoms with Gasteiger partial charge in [0.15, 0.2) is 5.76 Å². The molecule has 1 heterocycles. The van der Waals surface area contributed by atoms with Crippen LogP contribution >= 0.6 is 0 Å². The van der Waals surface area contributed by atoms with Crippen LogP contribution in [0, 0.1) is 11.3 Å². The van der Waals surface area contributed by atoms with E-state index in [1.807, 2.05) is 24.3 Å². The molecule has 1 aromatic heterocycles. The molecule has 1 N–H and O–H groups in total. The highest BCUT2D eigenvalue weighted by atomic mass is 16.3. The summed E-state index contributed by atoms with van der Waals surface area (Å²) in [7, 11) is 0. The van der Waals surface area contributed by atoms with Crippen LogP contribution in [-0.2, 0) is 0 Å². The van der Waals surface area contributed by atoms with Crippen molar-refractivity contribution in [2.75, 3.05) is 6.54 Å². The van der Waals surface area contributed by atoms with E-state index in [9.17, 15) is 4.79 Å². The number of nitrogens with zero attached hydrogens (tertiary/aromatic N) is 1. The number of furan rings is 1. The number of hydrogen-bond donors (Lipinski definition) is 1. The van der Waals surface area contributed by atoms with Crippen LogP contribution in [0.5, 0.6) is 0 Å². The Morgan fingerprint density at radius 1 is 1.33 bits per heavy atom. The number of fused-ring (bicyclic) bond motifs is 1. The van der Waals surface area contributed by atoms with Crippen molar-refractivity contribution in [2.45, 2.75) is 19.3 Å². The molecule has 0 unspecified atom stereocenters. The van der Waals surface area contributed by atoms with Crippen molar-refractivity contribution < 1.29 is 9.21 Å². The number of carbonyl (C=O) groups excluding carboxylic acids is 1. The molecule has 1 amide bonds. The first-order valence-corrected chi connectivity index (χ1v) is 5.95. The van der Waals surface area contributed by atoms with Crippen LogP contribution in [0.3, 0.4) is 0 Å². The molecular formula is C14H14N2O2. The van der Waals surface area contributed by atoms with Crippen molar-refractivity contribution in [3.63, 3.8) is 0 Å². The fourth-order valence-electron chi connectivity index (χ4n) is 1.71. The molecule has 0 radical (unpaired) electrons. The molecule has 2 aromatic rings. The summed E-state index contributed by atoms with van der Waals surface area (Å²) in [6.45, 7) is 0.567. The molecular weight excluding hydrogens is 228 g/mol. The normalized spacial score (nSPS) is 10.2. The van der Waals surface area contributed by atoms with Gasteiger partial charge < -0.3 is 9.73 Å². The number of para-hydroxylation sites is 1. The van der Waals surface area contributed by atoms with Gasteiger partial charge in [-0.2, -0.15) is 5.26 Å². The minimum Gasteiger partial charge on any atom is -0.451 e. The third kappa shape index (κ3) is 2.89. The Hall–Kier alpha value is -2.28. The maximum Gasteiger partial charge on any atom is 0.287 e. The van der Waals surface area contributed by atoms with Crippen molar-refractivity contribution in [1.82, 2.24) is 5.32 Å². The largest absolute Gasteiger partial charge is 0.451 e. The van der Waals surface area contributed by atoms with Gasteiger partial charge >= 0.3 is 0 Å². The Balaban J connectivity index is 1.91. The van der Waals surface area contributed by atoms with Gasteiger partial charge in [0.05, 0.1) is 6.07 Å². The number of carbonyl (C=O) groups is 1. The quantitative estimate of drug-likeness (QED) is 0.820. The van der Waals surface area contributed by atoms with E-state index in [1.54, 1.807) is 6.07 Å². The molecule has 0 saturated carbocycles. The van der Waals surface area contributed by atoms with Gasteiger partial charge in [-0.05, 0) is 25.0 Å². The smallest absolute Gasteiger partial charge is 0.287 e. The van der Waals surface area contributed by atoms with Crippen LogP contribution in [0.25, 0.3) is 11.0 Å². The Morgan fingerprint density at radius 2 is 2.17 bits per heavy atom. The highest BCUT2D eigenvalue weighted by Crippen LogP contribution is 2.18. The summed E-state index contributed by atoms with van der Waals surface area (Å²) in [5, 5.41) is 12.1. The molecule has 1 aromatic carbocycles. The molecule has 0 aliphatic heterocycles. The van der Waals surface area contributed by atoms with E-state index in [1.165, 1.54) is 0 Å². The lowest BCUT2D eigenvalue weighted by Gasteiger charge is -2.00. The molecule has 4 nitrogen and oxygen atoms in total. The van der Waals surface area contributed by atoms with E-state index < -0.39 is 0 Å². The molecule has 0 bridgehead atoms. The Bertz CT molecular complexity index is 548. The van der Waals surface area contributed by atoms with Gasteiger partial charge in [0.2, 0.25) is 0 Å². The van der Waals surface area contributed by atoms with E-state index >= 15 is 0 Å². The summed E-state index contributed by atoms with van der Waals surface area (Å²) in [5.41, 5.74) is 0.715. The fraction of sp³-hybridized carbons (Fsp3) is 0.286. The first-order valence-electron chi connectivity index (χ1n) is 5.95. The van der Waals surface area contributed by atoms with Gasteiger partial charge in [-0.15, -0.1) is 0 Å². The van der Waals surface area contributed by atoms with Crippen molar-refractivity contribution in [3.05, 3.63) is 36.1 Å². The van der Waals surface area contributed by atoms with E-state index in [0.717, 1.165) is 18.2 Å². The van der Waals surface area contributed by atoms with Crippen LogP contribution in [0.1, 0.15) is 29.8 Å². The number of benzene rings is 1. The van der Waals surface area contributed by atoms with Crippen LogP contribution in [0.2, 0.25) is 0 Å². The summed E-state index contributed by atoms with van der Waals surface area (Å²) in [4.78, 5) is 11.8. The predicted octanol–water partition coefficient (Wildman–Crippen LogP) is 2.86. The molecule has 0 aliphatic rings. The van der Waals surface area contributed by atoms with Gasteiger partial charge in [-0.3, -0.25) is 4.79 Å². The van der Waals surface area contributed by atoms with Crippen LogP contribution < -0.4 is 5.32 Å². The highest BCUT2D eigenvalue weighted by Gasteiger charge is 2.10. The zero-order valence-corrected chi connectivity index (χ0v) is 9.98. The first-order chi connectivity index (χ1) is 8.81. The Morgan fingerprint density at radius 3 is 2.94 bits per heavy atom. The second-order valence-corrected chi connectivity index (χ2v) is 4.02. The van der Waals surface area contributed by atoms with E-state index in [0.29, 0.717) is 24.3 Å². The van der Waals surface area contributed by atoms with Crippen LogP contribution in [-0.4, -0.2) is 12.5 Å². The van der Waals surface area contributed by atoms with Crippen molar-refractivity contribution in [1.29, 1.82) is 5.26 Å². The van der Waals surface area contributed by atoms with Gasteiger partial charge in [-0.25, -0.2) is 0 Å². The van der Waals surface area contributed by atoms with Crippen molar-refractivity contribution in [2.24, 2.45) is 0 Å². The predicted molar refractivity (Wildman–Crippen MR) is 68.0 cm³/mol. The number of amides is 1. The summed E-state index contributed by atoms with van der Waals surface area (Å²) >= 11 is 0. The monoisotopic (exact) mass is 242 g/mol. The lowest BCUT2D eigenvalue weighted by Crippen LogP contribution is -2.23. The van der Waals surface area contributed by atoms with Crippen molar-refractivity contribution in [3.8, 4) is 6.07 Å². The molecule has 18 heavy (non-hydrogen) atoms. The van der Waals surface area contributed by atoms with Crippen LogP contribution in [0.15, 0.2) is 34.7 Å². The third-order valence-corrected chi connectivity index (χ3v) is 2.65. The Labute approximate surface area is 105 Å². The molecule has 0 spiro atoms. The summed E-state index contributed by atoms with van der Waals surface area (Å²) < 4.78 is 5.44. The van der Waals surface area contributed by atoms with E-state index in [2.05, 4.69) is 11.4 Å². The summed E-state index contributed by atoms with van der Waals surface area (Å²) in [6, 6.07) is 11.3. The van der Waals surface area contributed by atoms with E-state index in [4.69, 9.17) is 9.68 Å². The molecule has 0 atom stereocenters. The maximum atomic E-state index is 11.8. The van der Waals surface area contributed by atoms with Gasteiger partial charge in [0.1, 0.15) is 5.58 Å². The standard InChI is InChI=1S/C14H14N2O2/c15-8-4-1-5-9-16-14(17)13-10-11-6-2-3-7-12(11)18-13/h2-3,6-7,10H,1,4-5,9H2,(H,16,17). The van der Waals surface area contributed by atoms with Crippen molar-refractivity contribution >= 4 is 16.9 Å². The SMILES string of the molecule is N#CCCCCNC(=O)c1cc2ccccc2o1. The topological polar surface area (TPSA) is 66.0 Å². The zero-order chi connectivity index (χ0) is 12.8. The first kappa shape index (κ1) is 12.2. The minimum absolute atomic E-state index is 0.205. The molecule has 0 saturated heterocycles. The third-order valence-electron chi connectivity index (χ3n) is 2.65. The second kappa shape index (κ2) is 5.87. The number of nitrogens with one attached hydrogen (secondary N) is 1. The number of unbranched alkanes of at least 4 members (excludes halogenated alkanes) is 2. The molecule has 0 fully saturated rings. The number of rotatable bonds is 5. The van der Waals surface area contributed by atoms with Gasteiger partial charge in [0, 0.05) is 18.4 Å². The maximum absolute atomic E-state index is 11.8. The van der Waals surface area contributed by atoms with E-state index in [-0.39, 0.29) is 5.91 Å². The highest BCUT2D eigenvalue weighted by molar-refractivity contribution is 5.95. The summed E-state index contributed by atoms with van der Waals surface area (Å²) in [6.07, 6.45) is 2.14. The second-order valence-electron chi connectivity index (χ2n) is 4.02. The Kier molecular flexibility index (Phi) is 3.98. The molecule has 2 rings (SSSR count). The number of hydrogen-bond acceptors (Lipinski definition) is 3. The average molecular weight is 242 g/mol. The lowest BCUT2D eigenvalue weighted by molar-refractivity contribution is 0.0927. The van der Waals surface area contributed by atoms with Gasteiger partial charge in [0.25, 0.3) is 5.91 Å². The van der Waals surface area contributed by atoms with Crippen LogP contribution in [0.4, 0.5) is 0 Å². The van der Waals surface area contributed by atoms with Gasteiger partial charge in [-0.1, -0.05) is 18.2 Å².